The van der Waals surface area contributed by atoms with Crippen LogP contribution >= 0.6 is 0 Å². The molecule has 6 heteroatoms. The van der Waals surface area contributed by atoms with E-state index in [-0.39, 0.29) is 11.9 Å². The van der Waals surface area contributed by atoms with Gasteiger partial charge in [0.15, 0.2) is 5.96 Å². The minimum absolute atomic E-state index is 0.0751. The van der Waals surface area contributed by atoms with E-state index in [1.54, 1.807) is 0 Å². The summed E-state index contributed by atoms with van der Waals surface area (Å²) in [6.07, 6.45) is 0. The summed E-state index contributed by atoms with van der Waals surface area (Å²) in [5.74, 6) is 0.948. The van der Waals surface area contributed by atoms with Crippen molar-refractivity contribution in [1.82, 2.24) is 20.9 Å². The highest BCUT2D eigenvalue weighted by Gasteiger charge is 2.31. The van der Waals surface area contributed by atoms with Gasteiger partial charge in [0.1, 0.15) is 6.04 Å². The molecule has 0 spiro atoms. The summed E-state index contributed by atoms with van der Waals surface area (Å²) < 4.78 is 0. The molecule has 3 N–H and O–H groups in total. The summed E-state index contributed by atoms with van der Waals surface area (Å²) in [5, 5.41) is 9.33. The number of hydrogen-bond donors (Lipinski definition) is 3. The Morgan fingerprint density at radius 2 is 2.50 bits per heavy atom. The van der Waals surface area contributed by atoms with Crippen LogP contribution in [0.25, 0.3) is 0 Å². The average molecular weight is 225 g/mol. The number of hydrogen-bond acceptors (Lipinski definition) is 5. The van der Waals surface area contributed by atoms with E-state index in [1.165, 1.54) is 0 Å². The lowest BCUT2D eigenvalue weighted by Crippen LogP contribution is -2.61. The highest BCUT2D eigenvalue weighted by atomic mass is 16.2. The largest absolute Gasteiger partial charge is 0.355 e. The van der Waals surface area contributed by atoms with Crippen LogP contribution in [0.1, 0.15) is 6.92 Å². The molecule has 1 unspecified atom stereocenters. The topological polar surface area (TPSA) is 68.8 Å². The molecule has 0 radical (unpaired) electrons. The molecule has 0 aliphatic carbocycles. The number of guanidine groups is 1. The van der Waals surface area contributed by atoms with Gasteiger partial charge in [0.2, 0.25) is 5.91 Å². The standard InChI is InChI=1S/C10H19N5O/c1-2-12-9(16)8-7-11-5-6-15(8)10-13-3-4-14-10/h8,11H,2-7H2,1H3,(H,12,16)(H,13,14). The molecule has 0 saturated carbocycles. The Hall–Kier alpha value is -1.30. The van der Waals surface area contributed by atoms with Gasteiger partial charge in [0.25, 0.3) is 0 Å². The molecule has 2 rings (SSSR count). The molecule has 16 heavy (non-hydrogen) atoms. The lowest BCUT2D eigenvalue weighted by molar-refractivity contribution is -0.125. The lowest BCUT2D eigenvalue weighted by Gasteiger charge is -2.36. The Morgan fingerprint density at radius 1 is 1.62 bits per heavy atom. The number of carbonyl (C=O) groups excluding carboxylic acids is 1. The molecule has 0 aromatic rings. The normalized spacial score (nSPS) is 24.9. The maximum atomic E-state index is 11.9. The Balaban J connectivity index is 2.04. The Morgan fingerprint density at radius 3 is 3.19 bits per heavy atom. The fraction of sp³-hybridized carbons (Fsp3) is 0.800. The van der Waals surface area contributed by atoms with Crippen molar-refractivity contribution in [3.63, 3.8) is 0 Å². The molecule has 90 valence electrons. The first-order valence-corrected chi connectivity index (χ1v) is 5.86. The van der Waals surface area contributed by atoms with Crippen molar-refractivity contribution < 1.29 is 4.79 Å². The van der Waals surface area contributed by atoms with Crippen molar-refractivity contribution in [1.29, 1.82) is 0 Å². The number of nitrogens with zero attached hydrogens (tertiary/aromatic N) is 2. The van der Waals surface area contributed by atoms with Crippen molar-refractivity contribution in [2.75, 3.05) is 39.3 Å². The minimum Gasteiger partial charge on any atom is -0.355 e. The second kappa shape index (κ2) is 5.16. The number of likely N-dealkylation sites (N-methyl/N-ethyl adjacent to an activating group) is 1. The van der Waals surface area contributed by atoms with Gasteiger partial charge in [0, 0.05) is 32.7 Å². The number of rotatable bonds is 2. The fourth-order valence-corrected chi connectivity index (χ4v) is 2.06. The second-order valence-corrected chi connectivity index (χ2v) is 3.94. The van der Waals surface area contributed by atoms with E-state index in [2.05, 4.69) is 25.8 Å². The van der Waals surface area contributed by atoms with E-state index in [0.29, 0.717) is 13.1 Å². The first-order valence-electron chi connectivity index (χ1n) is 5.86. The van der Waals surface area contributed by atoms with Gasteiger partial charge < -0.3 is 20.9 Å². The predicted octanol–water partition coefficient (Wildman–Crippen LogP) is -1.64. The second-order valence-electron chi connectivity index (χ2n) is 3.94. The first kappa shape index (κ1) is 11.2. The molecule has 1 fully saturated rings. The summed E-state index contributed by atoms with van der Waals surface area (Å²) in [6.45, 7) is 6.70. The lowest BCUT2D eigenvalue weighted by atomic mass is 10.2. The first-order chi connectivity index (χ1) is 7.83. The number of carbonyl (C=O) groups is 1. The summed E-state index contributed by atoms with van der Waals surface area (Å²) in [6, 6.07) is -0.141. The third kappa shape index (κ3) is 2.27. The monoisotopic (exact) mass is 225 g/mol. The molecule has 2 aliphatic heterocycles. The summed E-state index contributed by atoms with van der Waals surface area (Å²) >= 11 is 0. The van der Waals surface area contributed by atoms with Gasteiger partial charge in [-0.3, -0.25) is 9.79 Å². The molecule has 0 aromatic heterocycles. The molecule has 6 nitrogen and oxygen atoms in total. The maximum absolute atomic E-state index is 11.9. The Bertz CT molecular complexity index is 291. The van der Waals surface area contributed by atoms with Gasteiger partial charge in [-0.1, -0.05) is 0 Å². The zero-order valence-electron chi connectivity index (χ0n) is 9.62. The number of nitrogens with one attached hydrogen (secondary N) is 3. The molecular formula is C10H19N5O. The SMILES string of the molecule is CCNC(=O)C1CNCCN1C1=NCCN1. The highest BCUT2D eigenvalue weighted by Crippen LogP contribution is 2.06. The zero-order valence-corrected chi connectivity index (χ0v) is 9.62. The number of piperazine rings is 1. The van der Waals surface area contributed by atoms with Gasteiger partial charge in [-0.2, -0.15) is 0 Å². The van der Waals surface area contributed by atoms with Crippen molar-refractivity contribution >= 4 is 11.9 Å². The smallest absolute Gasteiger partial charge is 0.244 e. The van der Waals surface area contributed by atoms with Crippen molar-refractivity contribution in [3.05, 3.63) is 0 Å². The summed E-state index contributed by atoms with van der Waals surface area (Å²) in [7, 11) is 0. The molecule has 0 aromatic carbocycles. The molecule has 1 saturated heterocycles. The van der Waals surface area contributed by atoms with Gasteiger partial charge >= 0.3 is 0 Å². The van der Waals surface area contributed by atoms with E-state index >= 15 is 0 Å². The Labute approximate surface area is 95.5 Å². The molecule has 1 atom stereocenters. The van der Waals surface area contributed by atoms with E-state index < -0.39 is 0 Å². The third-order valence-electron chi connectivity index (χ3n) is 2.83. The number of amides is 1. The van der Waals surface area contributed by atoms with Crippen LogP contribution in [0.2, 0.25) is 0 Å². The summed E-state index contributed by atoms with van der Waals surface area (Å²) in [5.41, 5.74) is 0. The van der Waals surface area contributed by atoms with E-state index in [9.17, 15) is 4.79 Å². The van der Waals surface area contributed by atoms with Gasteiger partial charge in [0.05, 0.1) is 6.54 Å². The van der Waals surface area contributed by atoms with Crippen LogP contribution < -0.4 is 16.0 Å². The highest BCUT2D eigenvalue weighted by molar-refractivity contribution is 5.90. The maximum Gasteiger partial charge on any atom is 0.244 e. The van der Waals surface area contributed by atoms with E-state index in [1.807, 2.05) is 6.92 Å². The predicted molar refractivity (Wildman–Crippen MR) is 62.4 cm³/mol. The molecule has 1 amide bonds. The average Bonchev–Trinajstić information content (AvgIpc) is 2.83. The molecule has 0 bridgehead atoms. The van der Waals surface area contributed by atoms with Crippen LogP contribution in [0.5, 0.6) is 0 Å². The van der Waals surface area contributed by atoms with Crippen LogP contribution in [0.15, 0.2) is 4.99 Å². The van der Waals surface area contributed by atoms with E-state index in [4.69, 9.17) is 0 Å². The number of aliphatic imine (C=N–C) groups is 1. The van der Waals surface area contributed by atoms with Gasteiger partial charge in [-0.15, -0.1) is 0 Å². The quantitative estimate of drug-likeness (QED) is 0.527. The zero-order chi connectivity index (χ0) is 11.4. The van der Waals surface area contributed by atoms with E-state index in [0.717, 1.165) is 32.1 Å². The van der Waals surface area contributed by atoms with Crippen LogP contribution in [0.3, 0.4) is 0 Å². The molecule has 2 heterocycles. The van der Waals surface area contributed by atoms with Crippen LogP contribution in [-0.4, -0.2) is 62.1 Å². The molecule has 2 aliphatic rings. The third-order valence-corrected chi connectivity index (χ3v) is 2.83. The van der Waals surface area contributed by atoms with Crippen LogP contribution in [0, 0.1) is 0 Å². The van der Waals surface area contributed by atoms with Crippen LogP contribution in [-0.2, 0) is 4.79 Å². The van der Waals surface area contributed by atoms with Crippen molar-refractivity contribution in [2.24, 2.45) is 4.99 Å². The fourth-order valence-electron chi connectivity index (χ4n) is 2.06. The van der Waals surface area contributed by atoms with Crippen LogP contribution in [0.4, 0.5) is 0 Å². The minimum atomic E-state index is -0.141. The van der Waals surface area contributed by atoms with Crippen molar-refractivity contribution in [2.45, 2.75) is 13.0 Å². The van der Waals surface area contributed by atoms with Gasteiger partial charge in [-0.25, -0.2) is 0 Å². The van der Waals surface area contributed by atoms with Gasteiger partial charge in [-0.05, 0) is 6.92 Å². The van der Waals surface area contributed by atoms with Crippen molar-refractivity contribution in [3.8, 4) is 0 Å². The molecular weight excluding hydrogens is 206 g/mol. The Kier molecular flexibility index (Phi) is 3.61. The summed E-state index contributed by atoms with van der Waals surface area (Å²) in [4.78, 5) is 18.3.